The summed E-state index contributed by atoms with van der Waals surface area (Å²) in [6.45, 7) is 2.58. The van der Waals surface area contributed by atoms with E-state index >= 15 is 0 Å². The van der Waals surface area contributed by atoms with E-state index in [2.05, 4.69) is 53.2 Å². The lowest BCUT2D eigenvalue weighted by molar-refractivity contribution is 0.0850. The SMILES string of the molecule is COc1cc(-c2cc(-c3ccc(C4CCOCC4)c(CN(C)C)c3)cnc2N)ccn1. The summed E-state index contributed by atoms with van der Waals surface area (Å²) in [5.41, 5.74) is 13.0. The number of pyridine rings is 2. The van der Waals surface area contributed by atoms with Crippen molar-refractivity contribution in [3.05, 3.63) is 59.9 Å². The molecule has 0 amide bonds. The quantitative estimate of drug-likeness (QED) is 0.641. The van der Waals surface area contributed by atoms with Crippen molar-refractivity contribution in [3.8, 4) is 28.1 Å². The fourth-order valence-electron chi connectivity index (χ4n) is 4.22. The number of ether oxygens (including phenoxy) is 2. The van der Waals surface area contributed by atoms with Gasteiger partial charge in [0.05, 0.1) is 7.11 Å². The van der Waals surface area contributed by atoms with E-state index in [0.29, 0.717) is 17.6 Å². The number of anilines is 1. The van der Waals surface area contributed by atoms with Gasteiger partial charge in [0.2, 0.25) is 5.88 Å². The third-order valence-corrected chi connectivity index (χ3v) is 5.80. The molecule has 1 saturated heterocycles. The summed E-state index contributed by atoms with van der Waals surface area (Å²) in [5.74, 6) is 1.60. The van der Waals surface area contributed by atoms with Crippen LogP contribution in [0.1, 0.15) is 29.9 Å². The number of nitrogens with two attached hydrogens (primary N) is 1. The second-order valence-corrected chi connectivity index (χ2v) is 8.28. The highest BCUT2D eigenvalue weighted by atomic mass is 16.5. The van der Waals surface area contributed by atoms with E-state index in [1.165, 1.54) is 11.1 Å². The summed E-state index contributed by atoms with van der Waals surface area (Å²) in [5, 5.41) is 0. The van der Waals surface area contributed by atoms with Crippen molar-refractivity contribution < 1.29 is 9.47 Å². The average Bonchev–Trinajstić information content (AvgIpc) is 2.79. The molecule has 0 spiro atoms. The van der Waals surface area contributed by atoms with Gasteiger partial charge in [-0.2, -0.15) is 0 Å². The van der Waals surface area contributed by atoms with Crippen molar-refractivity contribution in [2.24, 2.45) is 0 Å². The minimum absolute atomic E-state index is 0.490. The number of benzene rings is 1. The Morgan fingerprint density at radius 2 is 1.84 bits per heavy atom. The van der Waals surface area contributed by atoms with Crippen molar-refractivity contribution >= 4 is 5.82 Å². The van der Waals surface area contributed by atoms with Crippen LogP contribution in [0.3, 0.4) is 0 Å². The number of nitrogen functional groups attached to an aromatic ring is 1. The molecule has 2 N–H and O–H groups in total. The molecule has 162 valence electrons. The Hall–Kier alpha value is -2.96. The Morgan fingerprint density at radius 3 is 2.58 bits per heavy atom. The molecular formula is C25H30N4O2. The Labute approximate surface area is 184 Å². The third-order valence-electron chi connectivity index (χ3n) is 5.80. The standard InChI is InChI=1S/C25H30N4O2/c1-29(2)16-21-12-18(4-5-22(21)17-7-10-31-11-8-17)20-13-23(25(26)28-15-20)19-6-9-27-24(14-19)30-3/h4-6,9,12-15,17H,7-8,10-11,16H2,1-3H3,(H2,26,28). The van der Waals surface area contributed by atoms with E-state index in [9.17, 15) is 0 Å². The van der Waals surface area contributed by atoms with Crippen molar-refractivity contribution in [2.45, 2.75) is 25.3 Å². The zero-order valence-electron chi connectivity index (χ0n) is 18.5. The van der Waals surface area contributed by atoms with Crippen LogP contribution < -0.4 is 10.5 Å². The summed E-state index contributed by atoms with van der Waals surface area (Å²) >= 11 is 0. The first kappa shape index (κ1) is 21.3. The maximum absolute atomic E-state index is 6.22. The number of rotatable bonds is 6. The van der Waals surface area contributed by atoms with E-state index in [1.807, 2.05) is 18.3 Å². The summed E-state index contributed by atoms with van der Waals surface area (Å²) in [6.07, 6.45) is 5.73. The predicted molar refractivity (Wildman–Crippen MR) is 124 cm³/mol. The third kappa shape index (κ3) is 4.86. The molecule has 0 saturated carbocycles. The monoisotopic (exact) mass is 418 g/mol. The maximum atomic E-state index is 6.22. The van der Waals surface area contributed by atoms with Crippen LogP contribution in [0.25, 0.3) is 22.3 Å². The number of nitrogens with zero attached hydrogens (tertiary/aromatic N) is 3. The molecule has 1 fully saturated rings. The second kappa shape index (κ2) is 9.45. The molecule has 6 nitrogen and oxygen atoms in total. The van der Waals surface area contributed by atoms with Gasteiger partial charge in [0, 0.05) is 49.3 Å². The molecule has 1 aliphatic rings. The maximum Gasteiger partial charge on any atom is 0.213 e. The van der Waals surface area contributed by atoms with Crippen molar-refractivity contribution in [1.29, 1.82) is 0 Å². The van der Waals surface area contributed by atoms with Crippen molar-refractivity contribution in [3.63, 3.8) is 0 Å². The molecule has 4 rings (SSSR count). The van der Waals surface area contributed by atoms with E-state index in [1.54, 1.807) is 13.3 Å². The van der Waals surface area contributed by atoms with Gasteiger partial charge < -0.3 is 20.1 Å². The van der Waals surface area contributed by atoms with Gasteiger partial charge in [-0.25, -0.2) is 9.97 Å². The van der Waals surface area contributed by atoms with E-state index in [-0.39, 0.29) is 0 Å². The van der Waals surface area contributed by atoms with Crippen LogP contribution in [0.5, 0.6) is 5.88 Å². The minimum atomic E-state index is 0.490. The first-order chi connectivity index (χ1) is 15.0. The van der Waals surface area contributed by atoms with Crippen LogP contribution >= 0.6 is 0 Å². The molecule has 0 bridgehead atoms. The fourth-order valence-corrected chi connectivity index (χ4v) is 4.22. The van der Waals surface area contributed by atoms with Gasteiger partial charge in [-0.15, -0.1) is 0 Å². The van der Waals surface area contributed by atoms with Crippen LogP contribution in [0, 0.1) is 0 Å². The van der Waals surface area contributed by atoms with Gasteiger partial charge in [0.25, 0.3) is 0 Å². The molecule has 0 aliphatic carbocycles. The van der Waals surface area contributed by atoms with Crippen LogP contribution in [0.4, 0.5) is 5.82 Å². The lowest BCUT2D eigenvalue weighted by atomic mass is 9.86. The molecule has 0 unspecified atom stereocenters. The second-order valence-electron chi connectivity index (χ2n) is 8.28. The molecular weight excluding hydrogens is 388 g/mol. The van der Waals surface area contributed by atoms with Crippen molar-refractivity contribution in [2.75, 3.05) is 40.2 Å². The first-order valence-corrected chi connectivity index (χ1v) is 10.7. The lowest BCUT2D eigenvalue weighted by Crippen LogP contribution is -2.18. The van der Waals surface area contributed by atoms with Gasteiger partial charge in [0.1, 0.15) is 5.82 Å². The predicted octanol–water partition coefficient (Wildman–Crippen LogP) is 4.36. The summed E-state index contributed by atoms with van der Waals surface area (Å²) in [6, 6.07) is 12.7. The molecule has 2 aromatic heterocycles. The molecule has 1 aliphatic heterocycles. The van der Waals surface area contributed by atoms with Crippen LogP contribution in [-0.4, -0.2) is 49.3 Å². The Kier molecular flexibility index (Phi) is 6.49. The average molecular weight is 419 g/mol. The van der Waals surface area contributed by atoms with Gasteiger partial charge in [0.15, 0.2) is 0 Å². The highest BCUT2D eigenvalue weighted by Crippen LogP contribution is 2.35. The van der Waals surface area contributed by atoms with E-state index in [4.69, 9.17) is 15.2 Å². The van der Waals surface area contributed by atoms with Crippen molar-refractivity contribution in [1.82, 2.24) is 14.9 Å². The number of hydrogen-bond acceptors (Lipinski definition) is 6. The smallest absolute Gasteiger partial charge is 0.213 e. The van der Waals surface area contributed by atoms with Crippen LogP contribution in [0.2, 0.25) is 0 Å². The van der Waals surface area contributed by atoms with Crippen LogP contribution in [0.15, 0.2) is 48.8 Å². The fraction of sp³-hybridized carbons (Fsp3) is 0.360. The number of hydrogen-bond donors (Lipinski definition) is 1. The normalized spacial score (nSPS) is 14.7. The Balaban J connectivity index is 1.73. The van der Waals surface area contributed by atoms with Gasteiger partial charge in [-0.3, -0.25) is 0 Å². The molecule has 6 heteroatoms. The highest BCUT2D eigenvalue weighted by Gasteiger charge is 2.20. The zero-order chi connectivity index (χ0) is 21.8. The zero-order valence-corrected chi connectivity index (χ0v) is 18.5. The largest absolute Gasteiger partial charge is 0.481 e. The van der Waals surface area contributed by atoms with E-state index in [0.717, 1.165) is 54.9 Å². The van der Waals surface area contributed by atoms with Gasteiger partial charge >= 0.3 is 0 Å². The highest BCUT2D eigenvalue weighted by molar-refractivity contribution is 5.79. The molecule has 31 heavy (non-hydrogen) atoms. The number of aromatic nitrogens is 2. The summed E-state index contributed by atoms with van der Waals surface area (Å²) in [4.78, 5) is 10.9. The van der Waals surface area contributed by atoms with Crippen LogP contribution in [-0.2, 0) is 11.3 Å². The molecule has 3 aromatic rings. The molecule has 0 radical (unpaired) electrons. The molecule has 1 aromatic carbocycles. The first-order valence-electron chi connectivity index (χ1n) is 10.7. The van der Waals surface area contributed by atoms with Gasteiger partial charge in [-0.1, -0.05) is 12.1 Å². The topological polar surface area (TPSA) is 73.5 Å². The summed E-state index contributed by atoms with van der Waals surface area (Å²) in [7, 11) is 5.83. The van der Waals surface area contributed by atoms with E-state index < -0.39 is 0 Å². The number of methoxy groups -OCH3 is 1. The Morgan fingerprint density at radius 1 is 1.03 bits per heavy atom. The lowest BCUT2D eigenvalue weighted by Gasteiger charge is -2.26. The molecule has 0 atom stereocenters. The van der Waals surface area contributed by atoms with Gasteiger partial charge in [-0.05, 0) is 73.3 Å². The Bertz CT molecular complexity index is 1050. The summed E-state index contributed by atoms with van der Waals surface area (Å²) < 4.78 is 10.8. The molecule has 3 heterocycles. The minimum Gasteiger partial charge on any atom is -0.481 e.